The lowest BCUT2D eigenvalue weighted by Crippen LogP contribution is -2.45. The molecule has 0 spiro atoms. The molecule has 0 fully saturated rings. The van der Waals surface area contributed by atoms with Crippen molar-refractivity contribution in [1.29, 1.82) is 0 Å². The molecule has 0 saturated carbocycles. The van der Waals surface area contributed by atoms with Crippen LogP contribution in [0.25, 0.3) is 0 Å². The average Bonchev–Trinajstić information content (AvgIpc) is 2.21. The highest BCUT2D eigenvalue weighted by molar-refractivity contribution is 7.43. The fourth-order valence-electron chi connectivity index (χ4n) is 0.761. The van der Waals surface area contributed by atoms with Crippen molar-refractivity contribution in [3.63, 3.8) is 0 Å². The van der Waals surface area contributed by atoms with Crippen molar-refractivity contribution in [2.75, 3.05) is 13.2 Å². The molecule has 0 aromatic carbocycles. The van der Waals surface area contributed by atoms with Gasteiger partial charge in [0.25, 0.3) is 0 Å². The number of Topliss-reactive ketones (excluding diaryl/α,β-unsaturated/α-hetero) is 1. The van der Waals surface area contributed by atoms with E-state index in [0.717, 1.165) is 0 Å². The molecule has 0 aromatic rings. The number of carbonyl (C=O) groups is 1. The third kappa shape index (κ3) is 5.64. The minimum atomic E-state index is -5.31. The molecular formula is C6H11O9P-2. The largest absolute Gasteiger partial charge is 0.790 e. The molecule has 3 unspecified atom stereocenters. The third-order valence-electron chi connectivity index (χ3n) is 1.61. The van der Waals surface area contributed by atoms with Crippen molar-refractivity contribution in [2.45, 2.75) is 18.3 Å². The van der Waals surface area contributed by atoms with Gasteiger partial charge in [0.2, 0.25) is 0 Å². The Morgan fingerprint density at radius 3 is 2.19 bits per heavy atom. The molecule has 4 N–H and O–H groups in total. The topological polar surface area (TPSA) is 170 Å². The van der Waals surface area contributed by atoms with Gasteiger partial charge in [-0.25, -0.2) is 0 Å². The molecule has 96 valence electrons. The van der Waals surface area contributed by atoms with Crippen LogP contribution in [-0.2, 0) is 13.9 Å². The van der Waals surface area contributed by atoms with E-state index < -0.39 is 45.1 Å². The molecule has 0 rings (SSSR count). The minimum Gasteiger partial charge on any atom is -0.790 e. The zero-order valence-electron chi connectivity index (χ0n) is 7.92. The first kappa shape index (κ1) is 15.6. The first-order valence-electron chi connectivity index (χ1n) is 4.03. The van der Waals surface area contributed by atoms with Crippen molar-refractivity contribution in [2.24, 2.45) is 0 Å². The van der Waals surface area contributed by atoms with Gasteiger partial charge in [-0.2, -0.15) is 0 Å². The number of rotatable bonds is 7. The van der Waals surface area contributed by atoms with E-state index in [-0.39, 0.29) is 0 Å². The average molecular weight is 258 g/mol. The molecule has 3 atom stereocenters. The van der Waals surface area contributed by atoms with Crippen LogP contribution in [-0.4, -0.2) is 57.7 Å². The second-order valence-electron chi connectivity index (χ2n) is 2.87. The number of carbonyl (C=O) groups excluding carboxylic acids is 1. The molecular weight excluding hydrogens is 247 g/mol. The van der Waals surface area contributed by atoms with Gasteiger partial charge in [0.05, 0.1) is 14.4 Å². The van der Waals surface area contributed by atoms with Crippen molar-refractivity contribution in [3.8, 4) is 0 Å². The standard InChI is InChI=1S/C6H13O9P/c7-1-3(8)5(10)6(11)4(9)2-15-16(12,13)14/h4-7,9-11H,1-2H2,(H2,12,13,14)/p-2. The molecule has 0 amide bonds. The molecule has 0 aliphatic heterocycles. The molecule has 0 radical (unpaired) electrons. The fourth-order valence-corrected chi connectivity index (χ4v) is 1.10. The normalized spacial score (nSPS) is 17.9. The number of phosphoric acid groups is 1. The van der Waals surface area contributed by atoms with Gasteiger partial charge in [0.1, 0.15) is 24.9 Å². The molecule has 0 aliphatic carbocycles. The summed E-state index contributed by atoms with van der Waals surface area (Å²) in [4.78, 5) is 30.7. The van der Waals surface area contributed by atoms with Gasteiger partial charge in [-0.15, -0.1) is 0 Å². The van der Waals surface area contributed by atoms with Crippen molar-refractivity contribution < 1.29 is 44.1 Å². The van der Waals surface area contributed by atoms with Gasteiger partial charge in [-0.1, -0.05) is 0 Å². The number of phosphoric ester groups is 1. The van der Waals surface area contributed by atoms with Gasteiger partial charge in [-0.05, 0) is 0 Å². The van der Waals surface area contributed by atoms with E-state index in [2.05, 4.69) is 4.52 Å². The monoisotopic (exact) mass is 258 g/mol. The Morgan fingerprint density at radius 2 is 1.81 bits per heavy atom. The van der Waals surface area contributed by atoms with E-state index in [4.69, 9.17) is 20.4 Å². The predicted molar refractivity (Wildman–Crippen MR) is 43.7 cm³/mol. The Labute approximate surface area is 90.2 Å². The highest BCUT2D eigenvalue weighted by Crippen LogP contribution is 2.24. The maximum Gasteiger partial charge on any atom is 0.189 e. The Morgan fingerprint density at radius 1 is 1.31 bits per heavy atom. The zero-order valence-corrected chi connectivity index (χ0v) is 8.82. The Hall–Kier alpha value is -0.380. The van der Waals surface area contributed by atoms with Crippen molar-refractivity contribution >= 4 is 13.6 Å². The second-order valence-corrected chi connectivity index (χ2v) is 4.02. The second kappa shape index (κ2) is 6.38. The van der Waals surface area contributed by atoms with Crippen molar-refractivity contribution in [3.05, 3.63) is 0 Å². The highest BCUT2D eigenvalue weighted by atomic mass is 31.2. The summed E-state index contributed by atoms with van der Waals surface area (Å²) in [5, 5.41) is 35.4. The molecule has 0 aliphatic rings. The lowest BCUT2D eigenvalue weighted by molar-refractivity contribution is -0.343. The van der Waals surface area contributed by atoms with Crippen LogP contribution in [0.15, 0.2) is 0 Å². The Kier molecular flexibility index (Phi) is 6.23. The Bertz CT molecular complexity index is 273. The lowest BCUT2D eigenvalue weighted by Gasteiger charge is -2.31. The maximum atomic E-state index is 10.7. The summed E-state index contributed by atoms with van der Waals surface area (Å²) in [6.07, 6.45) is -6.12. The molecule has 0 heterocycles. The minimum absolute atomic E-state index is 1.06. The van der Waals surface area contributed by atoms with Crippen LogP contribution < -0.4 is 9.79 Å². The number of hydrogen-bond acceptors (Lipinski definition) is 9. The number of ketones is 1. The lowest BCUT2D eigenvalue weighted by atomic mass is 10.1. The summed E-state index contributed by atoms with van der Waals surface area (Å²) in [5.41, 5.74) is 0. The van der Waals surface area contributed by atoms with Crippen LogP contribution in [0.2, 0.25) is 0 Å². The predicted octanol–water partition coefficient (Wildman–Crippen LogP) is -4.52. The Balaban J connectivity index is 4.23. The van der Waals surface area contributed by atoms with Crippen LogP contribution in [0.3, 0.4) is 0 Å². The summed E-state index contributed by atoms with van der Waals surface area (Å²) in [6.45, 7) is -2.16. The fraction of sp³-hybridized carbons (Fsp3) is 0.833. The molecule has 0 aromatic heterocycles. The van der Waals surface area contributed by atoms with Gasteiger partial charge in [0.15, 0.2) is 5.78 Å². The van der Waals surface area contributed by atoms with Crippen LogP contribution >= 0.6 is 7.82 Å². The summed E-state index contributed by atoms with van der Waals surface area (Å²) < 4.78 is 13.6. The van der Waals surface area contributed by atoms with Crippen LogP contribution in [0, 0.1) is 0 Å². The first-order valence-corrected chi connectivity index (χ1v) is 5.49. The van der Waals surface area contributed by atoms with Crippen LogP contribution in [0.4, 0.5) is 0 Å². The summed E-state index contributed by atoms with van der Waals surface area (Å²) in [6, 6.07) is 0. The summed E-state index contributed by atoms with van der Waals surface area (Å²) in [5.74, 6) is -1.17. The van der Waals surface area contributed by atoms with E-state index in [1.165, 1.54) is 0 Å². The van der Waals surface area contributed by atoms with E-state index in [0.29, 0.717) is 0 Å². The van der Waals surface area contributed by atoms with Crippen LogP contribution in [0.5, 0.6) is 0 Å². The number of aliphatic hydroxyl groups is 4. The van der Waals surface area contributed by atoms with Gasteiger partial charge < -0.3 is 39.3 Å². The van der Waals surface area contributed by atoms with Gasteiger partial charge >= 0.3 is 0 Å². The maximum absolute atomic E-state index is 10.7. The first-order chi connectivity index (χ1) is 7.19. The van der Waals surface area contributed by atoms with Crippen molar-refractivity contribution in [1.82, 2.24) is 0 Å². The summed E-state index contributed by atoms with van der Waals surface area (Å²) in [7, 11) is -5.31. The van der Waals surface area contributed by atoms with E-state index in [1.807, 2.05) is 0 Å². The highest BCUT2D eigenvalue weighted by Gasteiger charge is 2.29. The van der Waals surface area contributed by atoms with Gasteiger partial charge in [-0.3, -0.25) is 4.79 Å². The van der Waals surface area contributed by atoms with E-state index >= 15 is 0 Å². The van der Waals surface area contributed by atoms with Gasteiger partial charge in [0, 0.05) is 0 Å². The van der Waals surface area contributed by atoms with E-state index in [1.54, 1.807) is 0 Å². The third-order valence-corrected chi connectivity index (χ3v) is 2.07. The SMILES string of the molecule is O=C(CO)C(O)C(O)C(O)COP(=O)([O-])[O-]. The molecule has 9 nitrogen and oxygen atoms in total. The van der Waals surface area contributed by atoms with Crippen LogP contribution in [0.1, 0.15) is 0 Å². The van der Waals surface area contributed by atoms with E-state index in [9.17, 15) is 19.1 Å². The number of aliphatic hydroxyl groups excluding tert-OH is 4. The molecule has 16 heavy (non-hydrogen) atoms. The zero-order chi connectivity index (χ0) is 12.9. The quantitative estimate of drug-likeness (QED) is 0.328. The number of hydrogen-bond donors (Lipinski definition) is 4. The molecule has 10 heteroatoms. The molecule has 0 saturated heterocycles. The summed E-state index contributed by atoms with van der Waals surface area (Å²) >= 11 is 0. The smallest absolute Gasteiger partial charge is 0.189 e. The molecule has 0 bridgehead atoms.